The third-order valence-electron chi connectivity index (χ3n) is 3.53. The van der Waals surface area contributed by atoms with Gasteiger partial charge in [0.05, 0.1) is 5.69 Å². The van der Waals surface area contributed by atoms with Crippen LogP contribution in [0.4, 0.5) is 4.39 Å². The van der Waals surface area contributed by atoms with Gasteiger partial charge in [-0.15, -0.1) is 17.5 Å². The highest BCUT2D eigenvalue weighted by Gasteiger charge is 2.19. The fraction of sp³-hybridized carbons (Fsp3) is 0.471. The molecule has 0 aliphatic rings. The molecule has 0 aliphatic carbocycles. The summed E-state index contributed by atoms with van der Waals surface area (Å²) in [5.41, 5.74) is 0.547. The molecule has 138 valence electrons. The van der Waals surface area contributed by atoms with Crippen LogP contribution in [0.25, 0.3) is 5.69 Å². The van der Waals surface area contributed by atoms with Gasteiger partial charge < -0.3 is 10.6 Å². The van der Waals surface area contributed by atoms with Gasteiger partial charge in [0.25, 0.3) is 5.91 Å². The Balaban J connectivity index is 0.00000312. The van der Waals surface area contributed by atoms with E-state index in [0.29, 0.717) is 18.1 Å². The zero-order valence-corrected chi connectivity index (χ0v) is 15.7. The highest BCUT2D eigenvalue weighted by Crippen LogP contribution is 2.18. The summed E-state index contributed by atoms with van der Waals surface area (Å²) in [6.07, 6.45) is 0. The lowest BCUT2D eigenvalue weighted by atomic mass is 10.2. The van der Waals surface area contributed by atoms with E-state index >= 15 is 0 Å². The topological polar surface area (TPSA) is 71.8 Å². The molecule has 25 heavy (non-hydrogen) atoms. The van der Waals surface area contributed by atoms with Crippen LogP contribution in [0.5, 0.6) is 0 Å². The van der Waals surface area contributed by atoms with E-state index in [-0.39, 0.29) is 41.9 Å². The number of carbonyl (C=O) groups excluding carboxylic acids is 1. The summed E-state index contributed by atoms with van der Waals surface area (Å²) >= 11 is 0. The number of hydrogen-bond donors (Lipinski definition) is 2. The Kier molecular flexibility index (Phi) is 7.99. The van der Waals surface area contributed by atoms with E-state index in [1.165, 1.54) is 16.8 Å². The van der Waals surface area contributed by atoms with E-state index in [9.17, 15) is 9.18 Å². The number of nitrogens with one attached hydrogen (secondary N) is 2. The van der Waals surface area contributed by atoms with Crippen LogP contribution < -0.4 is 10.6 Å². The van der Waals surface area contributed by atoms with Crippen molar-refractivity contribution in [3.63, 3.8) is 0 Å². The van der Waals surface area contributed by atoms with Crippen LogP contribution in [-0.2, 0) is 0 Å². The lowest BCUT2D eigenvalue weighted by Crippen LogP contribution is -2.39. The molecule has 1 amide bonds. The molecule has 2 rings (SSSR count). The zero-order valence-electron chi connectivity index (χ0n) is 14.9. The number of likely N-dealkylation sites (N-methyl/N-ethyl adjacent to an activating group) is 1. The van der Waals surface area contributed by atoms with Crippen molar-refractivity contribution in [3.05, 3.63) is 41.7 Å². The molecule has 0 unspecified atom stereocenters. The number of aromatic nitrogens is 3. The van der Waals surface area contributed by atoms with Crippen molar-refractivity contribution < 1.29 is 9.18 Å². The van der Waals surface area contributed by atoms with Gasteiger partial charge in [-0.25, -0.2) is 14.1 Å². The average molecular weight is 370 g/mol. The van der Waals surface area contributed by atoms with E-state index in [2.05, 4.69) is 20.7 Å². The fourth-order valence-corrected chi connectivity index (χ4v) is 2.34. The summed E-state index contributed by atoms with van der Waals surface area (Å²) in [5.74, 6) is 0.0557. The molecule has 2 N–H and O–H groups in total. The first-order valence-corrected chi connectivity index (χ1v) is 8.16. The average Bonchev–Trinajstić information content (AvgIpc) is 2.98. The van der Waals surface area contributed by atoms with Gasteiger partial charge in [-0.3, -0.25) is 4.79 Å². The van der Waals surface area contributed by atoms with Gasteiger partial charge >= 0.3 is 0 Å². The molecule has 2 aromatic rings. The maximum absolute atomic E-state index is 13.5. The lowest BCUT2D eigenvalue weighted by molar-refractivity contribution is 0.0940. The van der Waals surface area contributed by atoms with Gasteiger partial charge in [0.1, 0.15) is 11.6 Å². The Bertz CT molecular complexity index is 704. The number of carbonyl (C=O) groups is 1. The van der Waals surface area contributed by atoms with Crippen LogP contribution >= 0.6 is 12.4 Å². The smallest absolute Gasteiger partial charge is 0.291 e. The highest BCUT2D eigenvalue weighted by atomic mass is 35.5. The zero-order chi connectivity index (χ0) is 17.7. The summed E-state index contributed by atoms with van der Waals surface area (Å²) in [6, 6.07) is 6.24. The number of rotatable bonds is 7. The first-order valence-electron chi connectivity index (χ1n) is 8.16. The molecule has 0 saturated heterocycles. The van der Waals surface area contributed by atoms with Crippen LogP contribution in [0.3, 0.4) is 0 Å². The normalized spacial score (nSPS) is 11.9. The van der Waals surface area contributed by atoms with E-state index in [1.807, 2.05) is 27.7 Å². The second-order valence-electron chi connectivity index (χ2n) is 6.01. The molecule has 0 fully saturated rings. The molecule has 8 heteroatoms. The van der Waals surface area contributed by atoms with Crippen molar-refractivity contribution in [2.45, 2.75) is 39.7 Å². The Morgan fingerprint density at radius 2 is 2.04 bits per heavy atom. The maximum Gasteiger partial charge on any atom is 0.291 e. The molecule has 1 atom stereocenters. The summed E-state index contributed by atoms with van der Waals surface area (Å²) < 4.78 is 15.0. The predicted octanol–water partition coefficient (Wildman–Crippen LogP) is 2.68. The van der Waals surface area contributed by atoms with Crippen molar-refractivity contribution in [2.24, 2.45) is 0 Å². The Labute approximate surface area is 153 Å². The van der Waals surface area contributed by atoms with Gasteiger partial charge in [0.2, 0.25) is 5.82 Å². The SMILES string of the molecule is CCN[C@H](C)CNC(=O)c1nc(C(C)C)n(-c2cccc(F)c2)n1.Cl. The van der Waals surface area contributed by atoms with Crippen molar-refractivity contribution in [3.8, 4) is 5.69 Å². The van der Waals surface area contributed by atoms with E-state index in [1.54, 1.807) is 12.1 Å². The van der Waals surface area contributed by atoms with Crippen LogP contribution in [0.2, 0.25) is 0 Å². The van der Waals surface area contributed by atoms with E-state index in [0.717, 1.165) is 6.54 Å². The summed E-state index contributed by atoms with van der Waals surface area (Å²) in [5, 5.41) is 10.3. The van der Waals surface area contributed by atoms with Crippen LogP contribution in [0.1, 0.15) is 50.1 Å². The molecule has 1 aromatic heterocycles. The van der Waals surface area contributed by atoms with Crippen molar-refractivity contribution in [1.82, 2.24) is 25.4 Å². The second-order valence-corrected chi connectivity index (χ2v) is 6.01. The molecule has 0 saturated carbocycles. The van der Waals surface area contributed by atoms with Crippen molar-refractivity contribution in [1.29, 1.82) is 0 Å². The van der Waals surface area contributed by atoms with E-state index < -0.39 is 0 Å². The van der Waals surface area contributed by atoms with Crippen LogP contribution in [0, 0.1) is 5.82 Å². The minimum Gasteiger partial charge on any atom is -0.348 e. The molecule has 1 aromatic carbocycles. The molecular weight excluding hydrogens is 345 g/mol. The van der Waals surface area contributed by atoms with Gasteiger partial charge in [-0.1, -0.05) is 26.8 Å². The van der Waals surface area contributed by atoms with E-state index in [4.69, 9.17) is 0 Å². The maximum atomic E-state index is 13.5. The minimum atomic E-state index is -0.358. The summed E-state index contributed by atoms with van der Waals surface area (Å²) in [7, 11) is 0. The van der Waals surface area contributed by atoms with Gasteiger partial charge in [-0.2, -0.15) is 0 Å². The monoisotopic (exact) mass is 369 g/mol. The molecule has 0 radical (unpaired) electrons. The molecule has 0 spiro atoms. The summed E-state index contributed by atoms with van der Waals surface area (Å²) in [6.45, 7) is 9.22. The third-order valence-corrected chi connectivity index (χ3v) is 3.53. The number of amides is 1. The van der Waals surface area contributed by atoms with Gasteiger partial charge in [-0.05, 0) is 31.7 Å². The molecule has 1 heterocycles. The first kappa shape index (κ1) is 21.1. The second kappa shape index (κ2) is 9.48. The van der Waals surface area contributed by atoms with Crippen LogP contribution in [-0.4, -0.2) is 39.8 Å². The highest BCUT2D eigenvalue weighted by molar-refractivity contribution is 5.90. The number of halogens is 2. The third kappa shape index (κ3) is 5.51. The molecular formula is C17H25ClFN5O. The quantitative estimate of drug-likeness (QED) is 0.787. The summed E-state index contributed by atoms with van der Waals surface area (Å²) in [4.78, 5) is 16.6. The fourth-order valence-electron chi connectivity index (χ4n) is 2.34. The predicted molar refractivity (Wildman–Crippen MR) is 98.1 cm³/mol. The molecule has 0 bridgehead atoms. The van der Waals surface area contributed by atoms with Crippen molar-refractivity contribution in [2.75, 3.05) is 13.1 Å². The molecule has 6 nitrogen and oxygen atoms in total. The Morgan fingerprint density at radius 1 is 1.32 bits per heavy atom. The van der Waals surface area contributed by atoms with Crippen LogP contribution in [0.15, 0.2) is 24.3 Å². The number of benzene rings is 1. The lowest BCUT2D eigenvalue weighted by Gasteiger charge is -2.11. The first-order chi connectivity index (χ1) is 11.4. The standard InChI is InChI=1S/C17H24FN5O.ClH/c1-5-19-12(4)10-20-17(24)15-21-16(11(2)3)23(22-15)14-8-6-7-13(18)9-14;/h6-9,11-12,19H,5,10H2,1-4H3,(H,20,24);1H/t12-;/m1./s1. The van der Waals surface area contributed by atoms with Gasteiger partial charge in [0, 0.05) is 18.5 Å². The number of nitrogens with zero attached hydrogens (tertiary/aromatic N) is 3. The Morgan fingerprint density at radius 3 is 2.64 bits per heavy atom. The molecule has 0 aliphatic heterocycles. The minimum absolute atomic E-state index is 0. The Hall–Kier alpha value is -1.99. The largest absolute Gasteiger partial charge is 0.348 e. The number of hydrogen-bond acceptors (Lipinski definition) is 4. The van der Waals surface area contributed by atoms with Crippen molar-refractivity contribution >= 4 is 18.3 Å². The van der Waals surface area contributed by atoms with Gasteiger partial charge in [0.15, 0.2) is 0 Å².